The molecule has 1 aromatic heterocycles. The first-order chi connectivity index (χ1) is 14.2. The molecule has 1 N–H and O–H groups in total. The number of benzene rings is 1. The molecule has 29 heavy (non-hydrogen) atoms. The van der Waals surface area contributed by atoms with Crippen molar-refractivity contribution in [3.8, 4) is 11.5 Å². The van der Waals surface area contributed by atoms with Crippen molar-refractivity contribution < 1.29 is 14.3 Å². The SMILES string of the molecule is Cn1ccnc1CN1CCCN(C(=O)NCCc2ccc3c(c2)OCCO3)CC1. The number of nitrogens with one attached hydrogen (secondary N) is 1. The van der Waals surface area contributed by atoms with E-state index in [1.165, 1.54) is 0 Å². The van der Waals surface area contributed by atoms with E-state index in [-0.39, 0.29) is 6.03 Å². The third-order valence-corrected chi connectivity index (χ3v) is 5.46. The zero-order valence-electron chi connectivity index (χ0n) is 17.0. The first kappa shape index (κ1) is 19.6. The number of amides is 2. The van der Waals surface area contributed by atoms with E-state index in [2.05, 4.69) is 15.2 Å². The maximum absolute atomic E-state index is 12.6. The summed E-state index contributed by atoms with van der Waals surface area (Å²) in [6.07, 6.45) is 5.53. The van der Waals surface area contributed by atoms with Gasteiger partial charge in [-0.25, -0.2) is 9.78 Å². The molecular formula is C21H29N5O3. The lowest BCUT2D eigenvalue weighted by atomic mass is 10.1. The van der Waals surface area contributed by atoms with Crippen LogP contribution in [0.2, 0.25) is 0 Å². The Hall–Kier alpha value is -2.74. The van der Waals surface area contributed by atoms with Gasteiger partial charge in [0, 0.05) is 52.2 Å². The number of hydrogen-bond acceptors (Lipinski definition) is 5. The van der Waals surface area contributed by atoms with Crippen LogP contribution in [0.3, 0.4) is 0 Å². The van der Waals surface area contributed by atoms with E-state index >= 15 is 0 Å². The van der Waals surface area contributed by atoms with Crippen molar-refractivity contribution in [1.82, 2.24) is 24.7 Å². The van der Waals surface area contributed by atoms with Gasteiger partial charge in [-0.2, -0.15) is 0 Å². The van der Waals surface area contributed by atoms with Gasteiger partial charge >= 0.3 is 6.03 Å². The molecule has 0 unspecified atom stereocenters. The Morgan fingerprint density at radius 3 is 2.83 bits per heavy atom. The lowest BCUT2D eigenvalue weighted by molar-refractivity contribution is 0.171. The van der Waals surface area contributed by atoms with Crippen LogP contribution in [-0.2, 0) is 20.0 Å². The average molecular weight is 399 g/mol. The first-order valence-electron chi connectivity index (χ1n) is 10.3. The summed E-state index contributed by atoms with van der Waals surface area (Å²) in [4.78, 5) is 21.3. The molecule has 2 amide bonds. The molecule has 2 aliphatic rings. The van der Waals surface area contributed by atoms with Crippen molar-refractivity contribution in [2.75, 3.05) is 45.9 Å². The van der Waals surface area contributed by atoms with Crippen molar-refractivity contribution >= 4 is 6.03 Å². The molecule has 1 saturated heterocycles. The fourth-order valence-electron chi connectivity index (χ4n) is 3.75. The minimum atomic E-state index is 0.0152. The van der Waals surface area contributed by atoms with Crippen molar-refractivity contribution in [1.29, 1.82) is 0 Å². The van der Waals surface area contributed by atoms with E-state index < -0.39 is 0 Å². The standard InChI is InChI=1S/C21H29N5O3/c1-24-10-7-22-20(24)16-25-8-2-9-26(12-11-25)21(27)23-6-5-17-3-4-18-19(15-17)29-14-13-28-18/h3-4,7,10,15H,2,5-6,8-9,11-14,16H2,1H3,(H,23,27). The number of fused-ring (bicyclic) bond motifs is 1. The molecule has 8 heteroatoms. The van der Waals surface area contributed by atoms with E-state index in [0.29, 0.717) is 19.8 Å². The van der Waals surface area contributed by atoms with E-state index in [4.69, 9.17) is 9.47 Å². The van der Waals surface area contributed by atoms with Gasteiger partial charge in [-0.1, -0.05) is 6.07 Å². The minimum absolute atomic E-state index is 0.0152. The summed E-state index contributed by atoms with van der Waals surface area (Å²) < 4.78 is 13.2. The van der Waals surface area contributed by atoms with Gasteiger partial charge in [0.25, 0.3) is 0 Å². The van der Waals surface area contributed by atoms with Crippen molar-refractivity contribution in [3.05, 3.63) is 42.0 Å². The Labute approximate surface area is 171 Å². The summed E-state index contributed by atoms with van der Waals surface area (Å²) in [5.74, 6) is 2.64. The predicted molar refractivity (Wildman–Crippen MR) is 109 cm³/mol. The highest BCUT2D eigenvalue weighted by atomic mass is 16.6. The normalized spacial score (nSPS) is 17.1. The number of hydrogen-bond donors (Lipinski definition) is 1. The summed E-state index contributed by atoms with van der Waals surface area (Å²) in [5.41, 5.74) is 1.13. The molecule has 156 valence electrons. The van der Waals surface area contributed by atoms with E-state index in [1.54, 1.807) is 0 Å². The number of rotatable bonds is 5. The quantitative estimate of drug-likeness (QED) is 0.828. The largest absolute Gasteiger partial charge is 0.486 e. The summed E-state index contributed by atoms with van der Waals surface area (Å²) >= 11 is 0. The minimum Gasteiger partial charge on any atom is -0.486 e. The Balaban J connectivity index is 1.22. The number of carbonyl (C=O) groups excluding carboxylic acids is 1. The van der Waals surface area contributed by atoms with Gasteiger partial charge in [0.2, 0.25) is 0 Å². The van der Waals surface area contributed by atoms with Crippen LogP contribution in [0.4, 0.5) is 4.79 Å². The van der Waals surface area contributed by atoms with Gasteiger partial charge in [0.05, 0.1) is 6.54 Å². The average Bonchev–Trinajstić information content (AvgIpc) is 2.99. The number of aromatic nitrogens is 2. The molecule has 1 aromatic carbocycles. The second kappa shape index (κ2) is 9.17. The summed E-state index contributed by atoms with van der Waals surface area (Å²) in [6.45, 7) is 5.97. The molecule has 4 rings (SSSR count). The Morgan fingerprint density at radius 1 is 1.14 bits per heavy atom. The Bertz CT molecular complexity index is 837. The maximum atomic E-state index is 12.6. The molecule has 2 aromatic rings. The molecule has 8 nitrogen and oxygen atoms in total. The molecule has 0 bridgehead atoms. The highest BCUT2D eigenvalue weighted by molar-refractivity contribution is 5.74. The highest BCUT2D eigenvalue weighted by Crippen LogP contribution is 2.30. The van der Waals surface area contributed by atoms with E-state index in [0.717, 1.165) is 68.5 Å². The zero-order valence-corrected chi connectivity index (χ0v) is 17.0. The summed E-state index contributed by atoms with van der Waals surface area (Å²) in [7, 11) is 2.02. The topological polar surface area (TPSA) is 71.9 Å². The van der Waals surface area contributed by atoms with E-state index in [1.807, 2.05) is 47.1 Å². The van der Waals surface area contributed by atoms with Crippen LogP contribution in [0, 0.1) is 0 Å². The first-order valence-corrected chi connectivity index (χ1v) is 10.3. The monoisotopic (exact) mass is 399 g/mol. The van der Waals surface area contributed by atoms with Crippen LogP contribution in [-0.4, -0.2) is 71.3 Å². The number of aryl methyl sites for hydroxylation is 1. The van der Waals surface area contributed by atoms with Crippen LogP contribution < -0.4 is 14.8 Å². The van der Waals surface area contributed by atoms with Crippen LogP contribution >= 0.6 is 0 Å². The number of nitrogens with zero attached hydrogens (tertiary/aromatic N) is 4. The molecular weight excluding hydrogens is 370 g/mol. The van der Waals surface area contributed by atoms with Gasteiger partial charge in [0.15, 0.2) is 11.5 Å². The molecule has 0 radical (unpaired) electrons. The Kier molecular flexibility index (Phi) is 6.19. The van der Waals surface area contributed by atoms with Gasteiger partial charge in [-0.05, 0) is 30.5 Å². The predicted octanol–water partition coefficient (Wildman–Crippen LogP) is 1.65. The second-order valence-corrected chi connectivity index (χ2v) is 7.53. The summed E-state index contributed by atoms with van der Waals surface area (Å²) in [6, 6.07) is 5.99. The van der Waals surface area contributed by atoms with Crippen LogP contribution in [0.25, 0.3) is 0 Å². The molecule has 0 saturated carbocycles. The number of carbonyl (C=O) groups is 1. The number of ether oxygens (including phenoxy) is 2. The smallest absolute Gasteiger partial charge is 0.317 e. The van der Waals surface area contributed by atoms with Gasteiger partial charge in [0.1, 0.15) is 19.0 Å². The lowest BCUT2D eigenvalue weighted by Crippen LogP contribution is -2.42. The van der Waals surface area contributed by atoms with Gasteiger partial charge < -0.3 is 24.3 Å². The third-order valence-electron chi connectivity index (χ3n) is 5.46. The molecule has 1 fully saturated rings. The fraction of sp³-hybridized carbons (Fsp3) is 0.524. The molecule has 3 heterocycles. The number of imidazole rings is 1. The molecule has 2 aliphatic heterocycles. The Morgan fingerprint density at radius 2 is 2.00 bits per heavy atom. The summed E-state index contributed by atoms with van der Waals surface area (Å²) in [5, 5.41) is 3.06. The van der Waals surface area contributed by atoms with Gasteiger partial charge in [-0.3, -0.25) is 4.90 Å². The highest BCUT2D eigenvalue weighted by Gasteiger charge is 2.20. The maximum Gasteiger partial charge on any atom is 0.317 e. The molecule has 0 spiro atoms. The number of urea groups is 1. The van der Waals surface area contributed by atoms with Crippen LogP contribution in [0.5, 0.6) is 11.5 Å². The molecule has 0 atom stereocenters. The van der Waals surface area contributed by atoms with Crippen LogP contribution in [0.1, 0.15) is 17.8 Å². The molecule has 0 aliphatic carbocycles. The van der Waals surface area contributed by atoms with Crippen molar-refractivity contribution in [2.45, 2.75) is 19.4 Å². The lowest BCUT2D eigenvalue weighted by Gasteiger charge is -2.22. The van der Waals surface area contributed by atoms with Crippen LogP contribution in [0.15, 0.2) is 30.6 Å². The van der Waals surface area contributed by atoms with E-state index in [9.17, 15) is 4.79 Å². The van der Waals surface area contributed by atoms with Crippen molar-refractivity contribution in [2.24, 2.45) is 7.05 Å². The third kappa shape index (κ3) is 5.00. The second-order valence-electron chi connectivity index (χ2n) is 7.53. The zero-order chi connectivity index (χ0) is 20.1. The fourth-order valence-corrected chi connectivity index (χ4v) is 3.75. The van der Waals surface area contributed by atoms with Gasteiger partial charge in [-0.15, -0.1) is 0 Å². The van der Waals surface area contributed by atoms with Crippen molar-refractivity contribution in [3.63, 3.8) is 0 Å².